The Bertz CT molecular complexity index is 1040. The fourth-order valence-electron chi connectivity index (χ4n) is 2.87. The lowest BCUT2D eigenvalue weighted by Gasteiger charge is -2.09. The van der Waals surface area contributed by atoms with Gasteiger partial charge in [-0.3, -0.25) is 4.79 Å². The van der Waals surface area contributed by atoms with Crippen LogP contribution in [0.25, 0.3) is 6.08 Å². The lowest BCUT2D eigenvalue weighted by molar-refractivity contribution is -0.136. The van der Waals surface area contributed by atoms with Gasteiger partial charge in [0.15, 0.2) is 17.2 Å². The number of esters is 2. The molecule has 2 aromatic rings. The molecule has 1 saturated carbocycles. The number of rotatable bonds is 6. The molecule has 7 heteroatoms. The van der Waals surface area contributed by atoms with Crippen LogP contribution in [0.3, 0.4) is 0 Å². The zero-order valence-electron chi connectivity index (χ0n) is 16.0. The van der Waals surface area contributed by atoms with Crippen LogP contribution in [0.1, 0.15) is 24.0 Å². The van der Waals surface area contributed by atoms with Crippen molar-refractivity contribution in [3.8, 4) is 17.2 Å². The Labute approximate surface area is 167 Å². The number of carbonyl (C=O) groups is 2. The third-order valence-corrected chi connectivity index (χ3v) is 4.57. The predicted octanol–water partition coefficient (Wildman–Crippen LogP) is 3.36. The van der Waals surface area contributed by atoms with Crippen molar-refractivity contribution >= 4 is 23.9 Å². The highest BCUT2D eigenvalue weighted by Crippen LogP contribution is 2.35. The fourth-order valence-corrected chi connectivity index (χ4v) is 2.87. The van der Waals surface area contributed by atoms with E-state index in [0.29, 0.717) is 28.4 Å². The zero-order chi connectivity index (χ0) is 20.4. The number of hydrogen-bond acceptors (Lipinski definition) is 7. The molecule has 4 rings (SSSR count). The smallest absolute Gasteiger partial charge is 0.363 e. The van der Waals surface area contributed by atoms with Gasteiger partial charge in [0.05, 0.1) is 25.7 Å². The van der Waals surface area contributed by atoms with Crippen molar-refractivity contribution in [2.24, 2.45) is 10.9 Å². The standard InChI is InChI=1S/C22H19NO6/c1-26-17-6-4-3-5-15(17)20-23-16(22(25)29-20)11-13-7-10-18(19(12-13)27-2)28-21(24)14-8-9-14/h3-7,10-12,14H,8-9H2,1-2H3/b16-11+. The van der Waals surface area contributed by atoms with Crippen molar-refractivity contribution in [1.29, 1.82) is 0 Å². The highest BCUT2D eigenvalue weighted by molar-refractivity contribution is 6.13. The molecule has 1 aliphatic carbocycles. The first-order valence-corrected chi connectivity index (χ1v) is 9.14. The maximum Gasteiger partial charge on any atom is 0.363 e. The minimum atomic E-state index is -0.561. The SMILES string of the molecule is COc1cc(/C=C2/N=C(c3ccccc3OC)OC2=O)ccc1OC(=O)C1CC1. The maximum absolute atomic E-state index is 12.3. The van der Waals surface area contributed by atoms with Gasteiger partial charge in [-0.1, -0.05) is 18.2 Å². The van der Waals surface area contributed by atoms with Crippen LogP contribution in [0.15, 0.2) is 53.2 Å². The molecule has 1 heterocycles. The van der Waals surface area contributed by atoms with Gasteiger partial charge in [-0.15, -0.1) is 0 Å². The van der Waals surface area contributed by atoms with Crippen LogP contribution in [0, 0.1) is 5.92 Å². The molecule has 148 valence electrons. The first-order valence-electron chi connectivity index (χ1n) is 9.14. The van der Waals surface area contributed by atoms with Gasteiger partial charge < -0.3 is 18.9 Å². The molecule has 2 aliphatic rings. The fraction of sp³-hybridized carbons (Fsp3) is 0.227. The molecule has 0 amide bonds. The number of carbonyl (C=O) groups excluding carboxylic acids is 2. The number of benzene rings is 2. The molecule has 1 fully saturated rings. The third-order valence-electron chi connectivity index (χ3n) is 4.57. The quantitative estimate of drug-likeness (QED) is 0.425. The van der Waals surface area contributed by atoms with Crippen LogP contribution in [0.4, 0.5) is 0 Å². The van der Waals surface area contributed by atoms with E-state index in [1.165, 1.54) is 14.2 Å². The molecule has 2 aromatic carbocycles. The molecule has 0 N–H and O–H groups in total. The van der Waals surface area contributed by atoms with Crippen molar-refractivity contribution in [3.05, 3.63) is 59.3 Å². The summed E-state index contributed by atoms with van der Waals surface area (Å²) in [4.78, 5) is 28.5. The summed E-state index contributed by atoms with van der Waals surface area (Å²) in [7, 11) is 3.03. The van der Waals surface area contributed by atoms with E-state index in [0.717, 1.165) is 12.8 Å². The first-order chi connectivity index (χ1) is 14.1. The molecule has 0 saturated heterocycles. The normalized spacial score (nSPS) is 17.0. The lowest BCUT2D eigenvalue weighted by Crippen LogP contribution is -2.10. The number of aliphatic imine (C=N–C) groups is 1. The topological polar surface area (TPSA) is 83.4 Å². The van der Waals surface area contributed by atoms with Crippen LogP contribution >= 0.6 is 0 Å². The number of ether oxygens (including phenoxy) is 4. The van der Waals surface area contributed by atoms with Crippen molar-refractivity contribution in [2.75, 3.05) is 14.2 Å². The van der Waals surface area contributed by atoms with E-state index >= 15 is 0 Å². The summed E-state index contributed by atoms with van der Waals surface area (Å²) in [5.74, 6) is 0.656. The summed E-state index contributed by atoms with van der Waals surface area (Å²) in [6, 6.07) is 12.2. The van der Waals surface area contributed by atoms with Crippen molar-refractivity contribution in [3.63, 3.8) is 0 Å². The molecular formula is C22H19NO6. The second-order valence-electron chi connectivity index (χ2n) is 6.64. The summed E-state index contributed by atoms with van der Waals surface area (Å²) in [5, 5.41) is 0. The van der Waals surface area contributed by atoms with E-state index in [1.54, 1.807) is 36.4 Å². The largest absolute Gasteiger partial charge is 0.496 e. The Morgan fingerprint density at radius 1 is 1.07 bits per heavy atom. The Morgan fingerprint density at radius 3 is 2.55 bits per heavy atom. The van der Waals surface area contributed by atoms with Crippen LogP contribution in [0.2, 0.25) is 0 Å². The second-order valence-corrected chi connectivity index (χ2v) is 6.64. The van der Waals surface area contributed by atoms with Gasteiger partial charge in [0, 0.05) is 0 Å². The Hall–Kier alpha value is -3.61. The van der Waals surface area contributed by atoms with Gasteiger partial charge in [-0.25, -0.2) is 9.79 Å². The Kier molecular flexibility index (Phi) is 5.03. The zero-order valence-corrected chi connectivity index (χ0v) is 16.0. The molecule has 0 unspecified atom stereocenters. The van der Waals surface area contributed by atoms with Gasteiger partial charge in [-0.2, -0.15) is 0 Å². The van der Waals surface area contributed by atoms with Gasteiger partial charge in [0.25, 0.3) is 0 Å². The molecule has 7 nitrogen and oxygen atoms in total. The summed E-state index contributed by atoms with van der Waals surface area (Å²) in [5.41, 5.74) is 1.40. The van der Waals surface area contributed by atoms with E-state index in [2.05, 4.69) is 4.99 Å². The predicted molar refractivity (Wildman–Crippen MR) is 105 cm³/mol. The number of para-hydroxylation sites is 1. The minimum absolute atomic E-state index is 0.0162. The molecular weight excluding hydrogens is 374 g/mol. The molecule has 0 atom stereocenters. The van der Waals surface area contributed by atoms with Crippen LogP contribution in [0.5, 0.6) is 17.2 Å². The van der Waals surface area contributed by atoms with E-state index in [-0.39, 0.29) is 23.5 Å². The van der Waals surface area contributed by atoms with Crippen molar-refractivity contribution < 1.29 is 28.5 Å². The number of nitrogens with zero attached hydrogens (tertiary/aromatic N) is 1. The van der Waals surface area contributed by atoms with E-state index in [4.69, 9.17) is 18.9 Å². The third kappa shape index (κ3) is 3.99. The second kappa shape index (κ2) is 7.79. The molecule has 1 aliphatic heterocycles. The number of hydrogen-bond donors (Lipinski definition) is 0. The summed E-state index contributed by atoms with van der Waals surface area (Å²) >= 11 is 0. The first kappa shape index (κ1) is 18.7. The van der Waals surface area contributed by atoms with Crippen molar-refractivity contribution in [2.45, 2.75) is 12.8 Å². The summed E-state index contributed by atoms with van der Waals surface area (Å²) < 4.78 is 21.3. The van der Waals surface area contributed by atoms with Gasteiger partial charge >= 0.3 is 11.9 Å². The highest BCUT2D eigenvalue weighted by atomic mass is 16.6. The number of cyclic esters (lactones) is 1. The minimum Gasteiger partial charge on any atom is -0.496 e. The summed E-state index contributed by atoms with van der Waals surface area (Å²) in [6.45, 7) is 0. The monoisotopic (exact) mass is 393 g/mol. The van der Waals surface area contributed by atoms with E-state index in [9.17, 15) is 9.59 Å². The molecule has 0 radical (unpaired) electrons. The molecule has 0 aromatic heterocycles. The lowest BCUT2D eigenvalue weighted by atomic mass is 10.1. The average molecular weight is 393 g/mol. The average Bonchev–Trinajstić information content (AvgIpc) is 3.53. The van der Waals surface area contributed by atoms with Crippen LogP contribution in [-0.4, -0.2) is 32.1 Å². The summed E-state index contributed by atoms with van der Waals surface area (Å²) in [6.07, 6.45) is 3.31. The van der Waals surface area contributed by atoms with Crippen LogP contribution in [-0.2, 0) is 14.3 Å². The Morgan fingerprint density at radius 2 is 1.83 bits per heavy atom. The molecule has 0 bridgehead atoms. The van der Waals surface area contributed by atoms with E-state index in [1.807, 2.05) is 12.1 Å². The van der Waals surface area contributed by atoms with Gasteiger partial charge in [0.1, 0.15) is 5.75 Å². The molecule has 29 heavy (non-hydrogen) atoms. The van der Waals surface area contributed by atoms with Crippen LogP contribution < -0.4 is 14.2 Å². The van der Waals surface area contributed by atoms with Gasteiger partial charge in [0.2, 0.25) is 5.90 Å². The number of methoxy groups -OCH3 is 2. The van der Waals surface area contributed by atoms with Crippen molar-refractivity contribution in [1.82, 2.24) is 0 Å². The van der Waals surface area contributed by atoms with E-state index < -0.39 is 5.97 Å². The van der Waals surface area contributed by atoms with Gasteiger partial charge in [-0.05, 0) is 48.7 Å². The maximum atomic E-state index is 12.3. The Balaban J connectivity index is 1.60. The molecule has 0 spiro atoms. The highest BCUT2D eigenvalue weighted by Gasteiger charge is 2.32.